The second-order valence-electron chi connectivity index (χ2n) is 6.05. The molecular weight excluding hydrogens is 356 g/mol. The van der Waals surface area contributed by atoms with Gasteiger partial charge in [-0.3, -0.25) is 4.79 Å². The Morgan fingerprint density at radius 3 is 2.81 bits per heavy atom. The van der Waals surface area contributed by atoms with Crippen LogP contribution in [0.15, 0.2) is 24.3 Å². The van der Waals surface area contributed by atoms with Gasteiger partial charge in [-0.2, -0.15) is 0 Å². The van der Waals surface area contributed by atoms with Gasteiger partial charge in [-0.1, -0.05) is 24.6 Å². The van der Waals surface area contributed by atoms with Gasteiger partial charge in [-0.25, -0.2) is 9.78 Å². The molecule has 1 aromatic carbocycles. The summed E-state index contributed by atoms with van der Waals surface area (Å²) in [4.78, 5) is 33.1. The predicted molar refractivity (Wildman–Crippen MR) is 98.8 cm³/mol. The van der Waals surface area contributed by atoms with Crippen molar-refractivity contribution in [3.8, 4) is 0 Å². The summed E-state index contributed by atoms with van der Waals surface area (Å²) in [5.41, 5.74) is 2.20. The van der Waals surface area contributed by atoms with E-state index in [9.17, 15) is 9.59 Å². The minimum atomic E-state index is -0.332. The highest BCUT2D eigenvalue weighted by Crippen LogP contribution is 2.23. The standard InChI is InChI=1S/C18H21ClN4O3/c1-3-14-15(19)22-16(21-14)17(24)20-12-9-23(10-12)13-7-5-6-11(8-13)18(25)26-4-2/h5-8,12H,3-4,9-10H2,1-2H3,(H,20,24)(H,21,22). The number of hydrogen-bond acceptors (Lipinski definition) is 5. The van der Waals surface area contributed by atoms with E-state index in [1.54, 1.807) is 19.1 Å². The molecule has 0 spiro atoms. The lowest BCUT2D eigenvalue weighted by molar-refractivity contribution is 0.0526. The molecule has 0 unspecified atom stereocenters. The molecule has 3 rings (SSSR count). The van der Waals surface area contributed by atoms with Gasteiger partial charge in [-0.15, -0.1) is 0 Å². The molecular formula is C18H21ClN4O3. The van der Waals surface area contributed by atoms with Gasteiger partial charge in [0, 0.05) is 18.8 Å². The topological polar surface area (TPSA) is 87.3 Å². The number of carbonyl (C=O) groups is 2. The Balaban J connectivity index is 1.56. The minimum Gasteiger partial charge on any atom is -0.462 e. The zero-order valence-electron chi connectivity index (χ0n) is 14.7. The third-order valence-electron chi connectivity index (χ3n) is 4.24. The number of esters is 1. The first-order valence-electron chi connectivity index (χ1n) is 8.59. The lowest BCUT2D eigenvalue weighted by Gasteiger charge is -2.41. The molecule has 0 radical (unpaired) electrons. The molecule has 1 aromatic heterocycles. The van der Waals surface area contributed by atoms with Crippen LogP contribution in [0, 0.1) is 0 Å². The zero-order valence-corrected chi connectivity index (χ0v) is 15.5. The number of hydrogen-bond donors (Lipinski definition) is 2. The number of imidazole rings is 1. The largest absolute Gasteiger partial charge is 0.462 e. The molecule has 1 saturated heterocycles. The lowest BCUT2D eigenvalue weighted by Crippen LogP contribution is -2.59. The van der Waals surface area contributed by atoms with Gasteiger partial charge in [0.05, 0.1) is 23.9 Å². The number of nitrogens with one attached hydrogen (secondary N) is 2. The van der Waals surface area contributed by atoms with Crippen LogP contribution in [0.3, 0.4) is 0 Å². The van der Waals surface area contributed by atoms with Crippen molar-refractivity contribution in [3.63, 3.8) is 0 Å². The van der Waals surface area contributed by atoms with E-state index in [2.05, 4.69) is 20.2 Å². The van der Waals surface area contributed by atoms with Crippen molar-refractivity contribution in [2.75, 3.05) is 24.6 Å². The number of aromatic nitrogens is 2. The molecule has 1 aliphatic rings. The molecule has 2 heterocycles. The SMILES string of the molecule is CCOC(=O)c1cccc(N2CC(NC(=O)c3nc(Cl)c(CC)[nH]3)C2)c1. The van der Waals surface area contributed by atoms with Gasteiger partial charge in [0.25, 0.3) is 5.91 Å². The minimum absolute atomic E-state index is 0.0164. The van der Waals surface area contributed by atoms with Gasteiger partial charge >= 0.3 is 5.97 Å². The summed E-state index contributed by atoms with van der Waals surface area (Å²) in [5, 5.41) is 3.27. The van der Waals surface area contributed by atoms with Crippen LogP contribution >= 0.6 is 11.6 Å². The fraction of sp³-hybridized carbons (Fsp3) is 0.389. The summed E-state index contributed by atoms with van der Waals surface area (Å²) in [5.74, 6) is -0.368. The third kappa shape index (κ3) is 3.83. The second kappa shape index (κ2) is 7.78. The number of H-pyrrole nitrogens is 1. The fourth-order valence-electron chi connectivity index (χ4n) is 2.81. The molecule has 8 heteroatoms. The van der Waals surface area contributed by atoms with E-state index < -0.39 is 0 Å². The van der Waals surface area contributed by atoms with Crippen LogP contribution in [0.25, 0.3) is 0 Å². The van der Waals surface area contributed by atoms with E-state index in [1.807, 2.05) is 19.1 Å². The number of carbonyl (C=O) groups excluding carboxylic acids is 2. The average molecular weight is 377 g/mol. The highest BCUT2D eigenvalue weighted by molar-refractivity contribution is 6.30. The number of anilines is 1. The number of nitrogens with zero attached hydrogens (tertiary/aromatic N) is 2. The van der Waals surface area contributed by atoms with Crippen LogP contribution in [0.2, 0.25) is 5.15 Å². The number of halogens is 1. The fourth-order valence-corrected chi connectivity index (χ4v) is 3.07. The van der Waals surface area contributed by atoms with Crippen LogP contribution < -0.4 is 10.2 Å². The summed E-state index contributed by atoms with van der Waals surface area (Å²) < 4.78 is 5.02. The summed E-state index contributed by atoms with van der Waals surface area (Å²) in [6.45, 7) is 5.38. The van der Waals surface area contributed by atoms with E-state index in [0.29, 0.717) is 36.8 Å². The number of aromatic amines is 1. The zero-order chi connectivity index (χ0) is 18.7. The van der Waals surface area contributed by atoms with Crippen molar-refractivity contribution in [1.29, 1.82) is 0 Å². The number of rotatable bonds is 6. The van der Waals surface area contributed by atoms with E-state index in [4.69, 9.17) is 16.3 Å². The first kappa shape index (κ1) is 18.3. The van der Waals surface area contributed by atoms with Gasteiger partial charge in [0.2, 0.25) is 0 Å². The molecule has 1 amide bonds. The Bertz CT molecular complexity index is 815. The molecule has 0 atom stereocenters. The van der Waals surface area contributed by atoms with Gasteiger partial charge in [-0.05, 0) is 31.5 Å². The maximum Gasteiger partial charge on any atom is 0.338 e. The van der Waals surface area contributed by atoms with E-state index in [0.717, 1.165) is 11.4 Å². The number of amides is 1. The van der Waals surface area contributed by atoms with Crippen molar-refractivity contribution in [1.82, 2.24) is 15.3 Å². The molecule has 1 fully saturated rings. The van der Waals surface area contributed by atoms with Crippen LogP contribution in [-0.2, 0) is 11.2 Å². The molecule has 7 nitrogen and oxygen atoms in total. The normalized spacial score (nSPS) is 14.0. The monoisotopic (exact) mass is 376 g/mol. The van der Waals surface area contributed by atoms with E-state index in [-0.39, 0.29) is 23.7 Å². The first-order valence-corrected chi connectivity index (χ1v) is 8.97. The van der Waals surface area contributed by atoms with Crippen molar-refractivity contribution in [3.05, 3.63) is 46.5 Å². The van der Waals surface area contributed by atoms with Crippen LogP contribution in [0.1, 0.15) is 40.5 Å². The third-order valence-corrected chi connectivity index (χ3v) is 4.55. The van der Waals surface area contributed by atoms with Crippen LogP contribution in [-0.4, -0.2) is 47.6 Å². The molecule has 2 aromatic rings. The van der Waals surface area contributed by atoms with Crippen molar-refractivity contribution < 1.29 is 14.3 Å². The molecule has 0 aliphatic carbocycles. The predicted octanol–water partition coefficient (Wildman–Crippen LogP) is 2.42. The quantitative estimate of drug-likeness (QED) is 0.756. The van der Waals surface area contributed by atoms with Crippen molar-refractivity contribution >= 4 is 29.2 Å². The average Bonchev–Trinajstić information content (AvgIpc) is 2.99. The molecule has 1 aliphatic heterocycles. The molecule has 0 bridgehead atoms. The lowest BCUT2D eigenvalue weighted by atomic mass is 10.1. The summed E-state index contributed by atoms with van der Waals surface area (Å²) in [6.07, 6.45) is 0.688. The number of aryl methyl sites for hydroxylation is 1. The van der Waals surface area contributed by atoms with Crippen LogP contribution in [0.5, 0.6) is 0 Å². The number of ether oxygens (including phenoxy) is 1. The smallest absolute Gasteiger partial charge is 0.338 e. The maximum atomic E-state index is 12.2. The molecule has 138 valence electrons. The first-order chi connectivity index (χ1) is 12.5. The summed E-state index contributed by atoms with van der Waals surface area (Å²) in [7, 11) is 0. The summed E-state index contributed by atoms with van der Waals surface area (Å²) >= 11 is 5.97. The van der Waals surface area contributed by atoms with Crippen molar-refractivity contribution in [2.24, 2.45) is 0 Å². The van der Waals surface area contributed by atoms with Gasteiger partial charge in [0.15, 0.2) is 11.0 Å². The van der Waals surface area contributed by atoms with Crippen molar-refractivity contribution in [2.45, 2.75) is 26.3 Å². The van der Waals surface area contributed by atoms with Gasteiger partial charge < -0.3 is 19.9 Å². The summed E-state index contributed by atoms with van der Waals surface area (Å²) in [6, 6.07) is 7.30. The number of benzene rings is 1. The molecule has 2 N–H and O–H groups in total. The van der Waals surface area contributed by atoms with E-state index in [1.165, 1.54) is 0 Å². The van der Waals surface area contributed by atoms with Gasteiger partial charge in [0.1, 0.15) is 0 Å². The Morgan fingerprint density at radius 2 is 2.15 bits per heavy atom. The van der Waals surface area contributed by atoms with E-state index >= 15 is 0 Å². The highest BCUT2D eigenvalue weighted by atomic mass is 35.5. The van der Waals surface area contributed by atoms with Crippen LogP contribution in [0.4, 0.5) is 5.69 Å². The second-order valence-corrected chi connectivity index (χ2v) is 6.41. The Kier molecular flexibility index (Phi) is 5.46. The Morgan fingerprint density at radius 1 is 1.38 bits per heavy atom. The molecule has 0 saturated carbocycles. The Labute approximate surface area is 156 Å². The maximum absolute atomic E-state index is 12.2. The molecule has 26 heavy (non-hydrogen) atoms. The highest BCUT2D eigenvalue weighted by Gasteiger charge is 2.29. The Hall–Kier alpha value is -2.54.